The van der Waals surface area contributed by atoms with Gasteiger partial charge in [-0.15, -0.1) is 0 Å². The van der Waals surface area contributed by atoms with Gasteiger partial charge in [-0.2, -0.15) is 5.26 Å². The average Bonchev–Trinajstić information content (AvgIpc) is 3.16. The van der Waals surface area contributed by atoms with Crippen molar-refractivity contribution in [3.05, 3.63) is 48.1 Å². The van der Waals surface area contributed by atoms with E-state index >= 15 is 0 Å². The van der Waals surface area contributed by atoms with Crippen LogP contribution in [0.2, 0.25) is 0 Å². The molecule has 108 valence electrons. The zero-order chi connectivity index (χ0) is 15.3. The number of allylic oxidation sites excluding steroid dienone is 4. The van der Waals surface area contributed by atoms with Crippen molar-refractivity contribution in [2.24, 2.45) is 5.92 Å². The van der Waals surface area contributed by atoms with E-state index in [9.17, 15) is 14.9 Å². The van der Waals surface area contributed by atoms with Gasteiger partial charge in [0.25, 0.3) is 5.91 Å². The fourth-order valence-electron chi connectivity index (χ4n) is 1.95. The molecule has 1 amide bonds. The van der Waals surface area contributed by atoms with Crippen LogP contribution in [-0.2, 0) is 14.3 Å². The van der Waals surface area contributed by atoms with E-state index in [0.717, 1.165) is 0 Å². The highest BCUT2D eigenvalue weighted by Gasteiger charge is 2.30. The Hall–Kier alpha value is -2.61. The summed E-state index contributed by atoms with van der Waals surface area (Å²) in [6, 6.07) is 1.98. The third kappa shape index (κ3) is 3.69. The summed E-state index contributed by atoms with van der Waals surface area (Å²) in [5.41, 5.74) is -0.736. The Morgan fingerprint density at radius 2 is 2.19 bits per heavy atom. The van der Waals surface area contributed by atoms with Crippen LogP contribution < -0.4 is 5.32 Å². The largest absolute Gasteiger partial charge is 0.461 e. The van der Waals surface area contributed by atoms with Gasteiger partial charge in [0.2, 0.25) is 0 Å². The van der Waals surface area contributed by atoms with Crippen molar-refractivity contribution in [2.45, 2.75) is 18.9 Å². The third-order valence-corrected chi connectivity index (χ3v) is 3.19. The van der Waals surface area contributed by atoms with E-state index in [-0.39, 0.29) is 12.5 Å². The molecule has 2 aliphatic rings. The van der Waals surface area contributed by atoms with Gasteiger partial charge in [0.1, 0.15) is 6.61 Å². The van der Waals surface area contributed by atoms with Crippen LogP contribution in [0.15, 0.2) is 48.1 Å². The zero-order valence-corrected chi connectivity index (χ0v) is 11.7. The number of hydrogen-bond donors (Lipinski definition) is 1. The van der Waals surface area contributed by atoms with Crippen molar-refractivity contribution in [2.75, 3.05) is 6.61 Å². The van der Waals surface area contributed by atoms with E-state index in [2.05, 4.69) is 5.32 Å². The summed E-state index contributed by atoms with van der Waals surface area (Å²) in [6.07, 6.45) is 13.0. The Balaban J connectivity index is 1.91. The molecule has 2 aliphatic carbocycles. The molecule has 0 aromatic rings. The molecule has 1 unspecified atom stereocenters. The van der Waals surface area contributed by atoms with Crippen molar-refractivity contribution in [1.29, 1.82) is 5.26 Å². The Kier molecular flexibility index (Phi) is 4.39. The smallest absolute Gasteiger partial charge is 0.316 e. The predicted octanol–water partition coefficient (Wildman–Crippen LogP) is 1.56. The molecule has 0 saturated carbocycles. The number of ether oxygens (including phenoxy) is 1. The molecule has 0 bridgehead atoms. The lowest BCUT2D eigenvalue weighted by atomic mass is 10.1. The average molecular weight is 284 g/mol. The molecule has 1 atom stereocenters. The number of nitrogens with zero attached hydrogens (tertiary/aromatic N) is 1. The molecule has 21 heavy (non-hydrogen) atoms. The summed E-state index contributed by atoms with van der Waals surface area (Å²) < 4.78 is 5.13. The number of nitrogens with one attached hydrogen (secondary N) is 1. The highest BCUT2D eigenvalue weighted by Crippen LogP contribution is 2.14. The molecule has 0 heterocycles. The van der Waals surface area contributed by atoms with Gasteiger partial charge in [0.05, 0.1) is 12.0 Å². The molecular weight excluding hydrogens is 268 g/mol. The molecular formula is C16H16N2O3. The van der Waals surface area contributed by atoms with Gasteiger partial charge in [-0.1, -0.05) is 42.5 Å². The summed E-state index contributed by atoms with van der Waals surface area (Å²) in [5.74, 6) is -1.19. The molecule has 5 heteroatoms. The van der Waals surface area contributed by atoms with E-state index in [0.29, 0.717) is 12.0 Å². The van der Waals surface area contributed by atoms with Crippen molar-refractivity contribution < 1.29 is 14.3 Å². The number of carbonyl (C=O) groups excluding carboxylic acids is 2. The lowest BCUT2D eigenvalue weighted by molar-refractivity contribution is -0.147. The Labute approximate surface area is 123 Å². The molecule has 2 rings (SSSR count). The lowest BCUT2D eigenvalue weighted by Gasteiger charge is -2.23. The quantitative estimate of drug-likeness (QED) is 0.777. The molecule has 0 aliphatic heterocycles. The summed E-state index contributed by atoms with van der Waals surface area (Å²) >= 11 is 0. The fraction of sp³-hybridized carbons (Fsp3) is 0.312. The Morgan fingerprint density at radius 3 is 2.76 bits per heavy atom. The highest BCUT2D eigenvalue weighted by atomic mass is 16.5. The topological polar surface area (TPSA) is 79.2 Å². The maximum Gasteiger partial charge on any atom is 0.316 e. The third-order valence-electron chi connectivity index (χ3n) is 3.19. The number of nitriles is 1. The Morgan fingerprint density at radius 1 is 1.48 bits per heavy atom. The first-order valence-corrected chi connectivity index (χ1v) is 6.66. The molecule has 0 aromatic heterocycles. The minimum atomic E-state index is -1.25. The first kappa shape index (κ1) is 14.8. The van der Waals surface area contributed by atoms with Gasteiger partial charge in [-0.3, -0.25) is 9.59 Å². The van der Waals surface area contributed by atoms with Gasteiger partial charge >= 0.3 is 5.97 Å². The Bertz CT molecular complexity index is 596. The highest BCUT2D eigenvalue weighted by molar-refractivity contribution is 5.97. The monoisotopic (exact) mass is 284 g/mol. The SMILES string of the molecule is CC(C#N)(COC(=O)C1C=CC=C1)NC(=O)C1=CCC=C1. The number of amides is 1. The summed E-state index contributed by atoms with van der Waals surface area (Å²) in [5, 5.41) is 11.8. The molecule has 0 radical (unpaired) electrons. The summed E-state index contributed by atoms with van der Waals surface area (Å²) in [7, 11) is 0. The minimum absolute atomic E-state index is 0.191. The van der Waals surface area contributed by atoms with Crippen molar-refractivity contribution >= 4 is 11.9 Å². The van der Waals surface area contributed by atoms with Crippen LogP contribution in [0.3, 0.4) is 0 Å². The van der Waals surface area contributed by atoms with Crippen LogP contribution >= 0.6 is 0 Å². The van der Waals surface area contributed by atoms with Crippen LogP contribution in [-0.4, -0.2) is 24.0 Å². The van der Waals surface area contributed by atoms with E-state index in [4.69, 9.17) is 4.74 Å². The van der Waals surface area contributed by atoms with Crippen LogP contribution in [0.25, 0.3) is 0 Å². The van der Waals surface area contributed by atoms with E-state index < -0.39 is 17.4 Å². The lowest BCUT2D eigenvalue weighted by Crippen LogP contribution is -2.49. The van der Waals surface area contributed by atoms with E-state index in [1.165, 1.54) is 6.92 Å². The minimum Gasteiger partial charge on any atom is -0.461 e. The van der Waals surface area contributed by atoms with Crippen LogP contribution in [0.5, 0.6) is 0 Å². The number of rotatable bonds is 5. The van der Waals surface area contributed by atoms with Gasteiger partial charge in [-0.25, -0.2) is 0 Å². The summed E-state index contributed by atoms with van der Waals surface area (Å²) in [4.78, 5) is 23.8. The predicted molar refractivity (Wildman–Crippen MR) is 76.7 cm³/mol. The molecule has 0 saturated heterocycles. The maximum absolute atomic E-state index is 12.0. The molecule has 0 aromatic carbocycles. The van der Waals surface area contributed by atoms with Crippen molar-refractivity contribution in [1.82, 2.24) is 5.32 Å². The van der Waals surface area contributed by atoms with Crippen molar-refractivity contribution in [3.63, 3.8) is 0 Å². The normalized spacial score (nSPS) is 19.0. The second-order valence-corrected chi connectivity index (χ2v) is 5.10. The van der Waals surface area contributed by atoms with Gasteiger partial charge in [-0.05, 0) is 13.3 Å². The first-order valence-electron chi connectivity index (χ1n) is 6.66. The second-order valence-electron chi connectivity index (χ2n) is 5.10. The number of carbonyl (C=O) groups is 2. The van der Waals surface area contributed by atoms with Crippen molar-refractivity contribution in [3.8, 4) is 6.07 Å². The molecule has 0 fully saturated rings. The zero-order valence-electron chi connectivity index (χ0n) is 11.7. The van der Waals surface area contributed by atoms with E-state index in [1.54, 1.807) is 36.5 Å². The van der Waals surface area contributed by atoms with Gasteiger partial charge in [0.15, 0.2) is 5.54 Å². The van der Waals surface area contributed by atoms with Crippen LogP contribution in [0.4, 0.5) is 0 Å². The van der Waals surface area contributed by atoms with E-state index in [1.807, 2.05) is 12.1 Å². The summed E-state index contributed by atoms with van der Waals surface area (Å²) in [6.45, 7) is 1.33. The first-order chi connectivity index (χ1) is 10.0. The standard InChI is InChI=1S/C16H16N2O3/c1-16(10-17,18-14(19)12-6-2-3-7-12)11-21-15(20)13-8-4-5-9-13/h2,4-9,13H,3,11H2,1H3,(H,18,19). The number of hydrogen-bond acceptors (Lipinski definition) is 4. The van der Waals surface area contributed by atoms with Gasteiger partial charge in [0, 0.05) is 5.57 Å². The second kappa shape index (κ2) is 6.23. The maximum atomic E-state index is 12.0. The molecule has 1 N–H and O–H groups in total. The van der Waals surface area contributed by atoms with Crippen LogP contribution in [0.1, 0.15) is 13.3 Å². The van der Waals surface area contributed by atoms with Crippen LogP contribution in [0, 0.1) is 17.2 Å². The molecule has 5 nitrogen and oxygen atoms in total. The van der Waals surface area contributed by atoms with Gasteiger partial charge < -0.3 is 10.1 Å². The molecule has 0 spiro atoms. The fourth-order valence-corrected chi connectivity index (χ4v) is 1.95. The number of esters is 1.